The van der Waals surface area contributed by atoms with Crippen LogP contribution in [0.15, 0.2) is 12.5 Å². The zero-order valence-corrected chi connectivity index (χ0v) is 10.9. The van der Waals surface area contributed by atoms with Gasteiger partial charge in [-0.05, 0) is 20.8 Å². The van der Waals surface area contributed by atoms with Gasteiger partial charge in [0.05, 0.1) is 6.20 Å². The van der Waals surface area contributed by atoms with Crippen LogP contribution in [0.5, 0.6) is 0 Å². The molecule has 2 heterocycles. The fourth-order valence-electron chi connectivity index (χ4n) is 1.24. The van der Waals surface area contributed by atoms with Crippen molar-refractivity contribution in [1.82, 2.24) is 19.0 Å². The van der Waals surface area contributed by atoms with Crippen LogP contribution in [-0.2, 0) is 4.74 Å². The molecular formula is C10H12ClN5O2. The quantitative estimate of drug-likeness (QED) is 0.858. The number of rotatable bonds is 1. The molecule has 0 saturated heterocycles. The van der Waals surface area contributed by atoms with E-state index < -0.39 is 11.7 Å². The van der Waals surface area contributed by atoms with Crippen molar-refractivity contribution in [2.75, 3.05) is 5.32 Å². The molecule has 0 atom stereocenters. The SMILES string of the molecule is CC(C)(C)OC(=O)Nc1ncc2ncn(Cl)c2n1. The van der Waals surface area contributed by atoms with E-state index in [1.165, 1.54) is 16.6 Å². The van der Waals surface area contributed by atoms with Crippen molar-refractivity contribution < 1.29 is 9.53 Å². The van der Waals surface area contributed by atoms with Crippen molar-refractivity contribution in [2.24, 2.45) is 0 Å². The molecule has 0 aliphatic carbocycles. The Balaban J connectivity index is 2.17. The standard InChI is InChI=1S/C10H12ClN5O2/c1-10(2,3)18-9(17)15-8-12-4-6-7(14-8)16(11)5-13-6/h4-5H,1-3H3,(H,12,14,15,17). The van der Waals surface area contributed by atoms with Crippen LogP contribution in [0.3, 0.4) is 0 Å². The van der Waals surface area contributed by atoms with Crippen molar-refractivity contribution >= 4 is 35.0 Å². The first kappa shape index (κ1) is 12.6. The van der Waals surface area contributed by atoms with Gasteiger partial charge >= 0.3 is 6.09 Å². The maximum Gasteiger partial charge on any atom is 0.414 e. The van der Waals surface area contributed by atoms with E-state index in [4.69, 9.17) is 16.5 Å². The molecule has 96 valence electrons. The summed E-state index contributed by atoms with van der Waals surface area (Å²) < 4.78 is 6.30. The first-order valence-electron chi connectivity index (χ1n) is 5.21. The molecule has 0 saturated carbocycles. The van der Waals surface area contributed by atoms with Crippen molar-refractivity contribution in [3.8, 4) is 0 Å². The second kappa shape index (κ2) is 4.41. The molecule has 7 nitrogen and oxygen atoms in total. The summed E-state index contributed by atoms with van der Waals surface area (Å²) in [5, 5.41) is 2.42. The summed E-state index contributed by atoms with van der Waals surface area (Å²) in [5.74, 6) is 0.110. The lowest BCUT2D eigenvalue weighted by Gasteiger charge is -2.19. The fraction of sp³-hybridized carbons (Fsp3) is 0.400. The number of imidazole rings is 1. The Morgan fingerprint density at radius 1 is 1.44 bits per heavy atom. The van der Waals surface area contributed by atoms with E-state index in [9.17, 15) is 4.79 Å². The van der Waals surface area contributed by atoms with Crippen molar-refractivity contribution in [1.29, 1.82) is 0 Å². The highest BCUT2D eigenvalue weighted by molar-refractivity contribution is 6.18. The number of nitrogens with zero attached hydrogens (tertiary/aromatic N) is 4. The molecule has 0 aromatic carbocycles. The van der Waals surface area contributed by atoms with Crippen LogP contribution in [0.1, 0.15) is 20.8 Å². The Hall–Kier alpha value is -1.89. The maximum atomic E-state index is 11.5. The number of hydrogen-bond acceptors (Lipinski definition) is 5. The van der Waals surface area contributed by atoms with Gasteiger partial charge in [0.15, 0.2) is 5.65 Å². The van der Waals surface area contributed by atoms with E-state index in [0.717, 1.165) is 0 Å². The van der Waals surface area contributed by atoms with Crippen LogP contribution < -0.4 is 5.32 Å². The highest BCUT2D eigenvalue weighted by atomic mass is 35.5. The minimum Gasteiger partial charge on any atom is -0.444 e. The van der Waals surface area contributed by atoms with Crippen LogP contribution in [0.4, 0.5) is 10.7 Å². The zero-order chi connectivity index (χ0) is 13.3. The predicted octanol–water partition coefficient (Wildman–Crippen LogP) is 2.18. The molecule has 2 aromatic heterocycles. The molecule has 1 N–H and O–H groups in total. The second-order valence-corrected chi connectivity index (χ2v) is 4.95. The summed E-state index contributed by atoms with van der Waals surface area (Å²) in [6, 6.07) is 0. The molecule has 18 heavy (non-hydrogen) atoms. The molecular weight excluding hydrogens is 258 g/mol. The van der Waals surface area contributed by atoms with E-state index in [1.807, 2.05) is 0 Å². The number of halogens is 1. The molecule has 0 aliphatic heterocycles. The summed E-state index contributed by atoms with van der Waals surface area (Å²) in [5.41, 5.74) is 0.375. The van der Waals surface area contributed by atoms with Crippen molar-refractivity contribution in [3.63, 3.8) is 0 Å². The van der Waals surface area contributed by atoms with Crippen LogP contribution in [0, 0.1) is 0 Å². The van der Waals surface area contributed by atoms with Crippen LogP contribution in [0.25, 0.3) is 11.2 Å². The minimum absolute atomic E-state index is 0.110. The Morgan fingerprint density at radius 3 is 2.83 bits per heavy atom. The normalized spacial score (nSPS) is 11.6. The summed E-state index contributed by atoms with van der Waals surface area (Å²) in [6.07, 6.45) is 2.24. The largest absolute Gasteiger partial charge is 0.444 e. The number of nitrogens with one attached hydrogen (secondary N) is 1. The van der Waals surface area contributed by atoms with Crippen molar-refractivity contribution in [3.05, 3.63) is 12.5 Å². The van der Waals surface area contributed by atoms with Gasteiger partial charge in [-0.2, -0.15) is 4.98 Å². The van der Waals surface area contributed by atoms with E-state index in [1.54, 1.807) is 20.8 Å². The van der Waals surface area contributed by atoms with Crippen LogP contribution >= 0.6 is 11.8 Å². The Kier molecular flexibility index (Phi) is 3.08. The first-order valence-corrected chi connectivity index (χ1v) is 5.55. The number of ether oxygens (including phenoxy) is 1. The molecule has 8 heteroatoms. The second-order valence-electron chi connectivity index (χ2n) is 4.59. The van der Waals surface area contributed by atoms with Gasteiger partial charge in [0.2, 0.25) is 5.95 Å². The number of amides is 1. The molecule has 0 spiro atoms. The van der Waals surface area contributed by atoms with E-state index >= 15 is 0 Å². The third-order valence-electron chi connectivity index (χ3n) is 1.86. The first-order chi connectivity index (χ1) is 8.35. The van der Waals surface area contributed by atoms with Crippen LogP contribution in [0.2, 0.25) is 0 Å². The van der Waals surface area contributed by atoms with Gasteiger partial charge in [0.1, 0.15) is 17.4 Å². The lowest BCUT2D eigenvalue weighted by atomic mass is 10.2. The third kappa shape index (κ3) is 2.86. The Bertz CT molecular complexity index is 589. The lowest BCUT2D eigenvalue weighted by Crippen LogP contribution is -2.27. The molecule has 2 aromatic rings. The number of carbonyl (C=O) groups is 1. The fourth-order valence-corrected chi connectivity index (χ4v) is 1.41. The van der Waals surface area contributed by atoms with Gasteiger partial charge in [-0.1, -0.05) is 0 Å². The molecule has 0 fully saturated rings. The third-order valence-corrected chi connectivity index (χ3v) is 2.11. The Labute approximate surface area is 108 Å². The predicted molar refractivity (Wildman–Crippen MR) is 66.4 cm³/mol. The average molecular weight is 270 g/mol. The van der Waals surface area contributed by atoms with Gasteiger partial charge in [-0.15, -0.1) is 0 Å². The topological polar surface area (TPSA) is 81.9 Å². The highest BCUT2D eigenvalue weighted by Crippen LogP contribution is 2.13. The summed E-state index contributed by atoms with van der Waals surface area (Å²) >= 11 is 5.81. The molecule has 0 unspecified atom stereocenters. The molecule has 0 radical (unpaired) electrons. The maximum absolute atomic E-state index is 11.5. The van der Waals surface area contributed by atoms with Gasteiger partial charge in [0, 0.05) is 11.8 Å². The van der Waals surface area contributed by atoms with E-state index in [0.29, 0.717) is 11.2 Å². The Morgan fingerprint density at radius 2 is 2.17 bits per heavy atom. The number of aromatic nitrogens is 4. The van der Waals surface area contributed by atoms with E-state index in [2.05, 4.69) is 20.3 Å². The van der Waals surface area contributed by atoms with E-state index in [-0.39, 0.29) is 5.95 Å². The van der Waals surface area contributed by atoms with Gasteiger partial charge in [-0.25, -0.2) is 18.8 Å². The number of hydrogen-bond donors (Lipinski definition) is 1. The molecule has 1 amide bonds. The molecule has 2 rings (SSSR count). The number of anilines is 1. The van der Waals surface area contributed by atoms with Gasteiger partial charge in [-0.3, -0.25) is 5.32 Å². The average Bonchev–Trinajstić information content (AvgIpc) is 2.57. The molecule has 0 aliphatic rings. The van der Waals surface area contributed by atoms with Gasteiger partial charge in [0.25, 0.3) is 0 Å². The smallest absolute Gasteiger partial charge is 0.414 e. The van der Waals surface area contributed by atoms with Crippen LogP contribution in [-0.4, -0.2) is 30.7 Å². The molecule has 0 bridgehead atoms. The van der Waals surface area contributed by atoms with Gasteiger partial charge < -0.3 is 4.74 Å². The highest BCUT2D eigenvalue weighted by Gasteiger charge is 2.17. The lowest BCUT2D eigenvalue weighted by molar-refractivity contribution is 0.0634. The minimum atomic E-state index is -0.623. The van der Waals surface area contributed by atoms with Crippen molar-refractivity contribution in [2.45, 2.75) is 26.4 Å². The zero-order valence-electron chi connectivity index (χ0n) is 10.1. The summed E-state index contributed by atoms with van der Waals surface area (Å²) in [6.45, 7) is 5.30. The summed E-state index contributed by atoms with van der Waals surface area (Å²) in [4.78, 5) is 23.5. The number of fused-ring (bicyclic) bond motifs is 1. The summed E-state index contributed by atoms with van der Waals surface area (Å²) in [7, 11) is 0. The monoisotopic (exact) mass is 269 g/mol. The number of carbonyl (C=O) groups excluding carboxylic acids is 1.